The van der Waals surface area contributed by atoms with Crippen LogP contribution in [0.4, 0.5) is 32.4 Å². The number of hydrogen-bond acceptors (Lipinski definition) is 7. The molecule has 31 heavy (non-hydrogen) atoms. The highest BCUT2D eigenvalue weighted by molar-refractivity contribution is 7.89. The molecule has 8 nitrogen and oxygen atoms in total. The van der Waals surface area contributed by atoms with Crippen LogP contribution in [0.2, 0.25) is 0 Å². The highest BCUT2D eigenvalue weighted by Gasteiger charge is 2.45. The second-order valence-corrected chi connectivity index (χ2v) is 7.75. The number of sulfonamides is 1. The van der Waals surface area contributed by atoms with Gasteiger partial charge in [0.15, 0.2) is 0 Å². The minimum atomic E-state index is -4.87. The van der Waals surface area contributed by atoms with Gasteiger partial charge in [-0.05, 0) is 36.4 Å². The molecule has 0 saturated heterocycles. The van der Waals surface area contributed by atoms with E-state index in [0.717, 1.165) is 41.4 Å². The van der Waals surface area contributed by atoms with Gasteiger partial charge in [0, 0.05) is 25.6 Å². The van der Waals surface area contributed by atoms with Crippen LogP contribution in [0.5, 0.6) is 17.2 Å². The zero-order chi connectivity index (χ0) is 23.0. The molecule has 0 aromatic heterocycles. The summed E-state index contributed by atoms with van der Waals surface area (Å²) >= 11 is 0. The molecule has 1 aliphatic rings. The van der Waals surface area contributed by atoms with Crippen molar-refractivity contribution in [3.63, 3.8) is 0 Å². The molecule has 0 spiro atoms. The Balaban J connectivity index is 2.13. The first-order valence-electron chi connectivity index (χ1n) is 8.10. The van der Waals surface area contributed by atoms with Crippen molar-refractivity contribution in [1.82, 2.24) is 0 Å². The fourth-order valence-corrected chi connectivity index (χ4v) is 3.50. The van der Waals surface area contributed by atoms with Gasteiger partial charge in [-0.3, -0.25) is 19.8 Å². The van der Waals surface area contributed by atoms with Crippen molar-refractivity contribution in [2.75, 3.05) is 5.01 Å². The van der Waals surface area contributed by atoms with Crippen LogP contribution in [0.1, 0.15) is 18.0 Å². The third-order valence-corrected chi connectivity index (χ3v) is 5.30. The average molecular weight is 471 g/mol. The molecule has 2 aromatic carbocycles. The minimum Gasteiger partial charge on any atom is -0.290 e. The Morgan fingerprint density at radius 2 is 1.58 bits per heavy atom. The van der Waals surface area contributed by atoms with Crippen molar-refractivity contribution < 1.29 is 50.0 Å². The predicted octanol–water partition coefficient (Wildman–Crippen LogP) is 3.99. The van der Waals surface area contributed by atoms with Gasteiger partial charge in [0.1, 0.15) is 5.71 Å². The molecular weight excluding hydrogens is 460 g/mol. The monoisotopic (exact) mass is 471 g/mol. The molecule has 1 unspecified atom stereocenters. The molecule has 1 heterocycles. The predicted molar refractivity (Wildman–Crippen MR) is 92.8 cm³/mol. The fraction of sp³-hybridized carbons (Fsp3) is 0.188. The lowest BCUT2D eigenvalue weighted by molar-refractivity contribution is -0.0602. The zero-order valence-electron chi connectivity index (χ0n) is 14.9. The molecule has 0 aliphatic carbocycles. The Bertz CT molecular complexity index is 1110. The number of hydrogen-bond donors (Lipinski definition) is 1. The summed E-state index contributed by atoms with van der Waals surface area (Å²) in [6.07, 6.45) is -5.70. The Labute approximate surface area is 170 Å². The van der Waals surface area contributed by atoms with Crippen molar-refractivity contribution in [3.8, 4) is 17.2 Å². The topological polar surface area (TPSA) is 103 Å². The Hall–Kier alpha value is -3.20. The van der Waals surface area contributed by atoms with Gasteiger partial charge >= 0.3 is 6.18 Å². The molecule has 1 aliphatic heterocycles. The van der Waals surface area contributed by atoms with E-state index in [1.165, 1.54) is 0 Å². The summed E-state index contributed by atoms with van der Waals surface area (Å²) in [7, 11) is -4.08. The highest BCUT2D eigenvalue weighted by Crippen LogP contribution is 2.48. The van der Waals surface area contributed by atoms with Gasteiger partial charge in [-0.15, -0.1) is 0 Å². The minimum absolute atomic E-state index is 0.0463. The van der Waals surface area contributed by atoms with Crippen LogP contribution in [-0.2, 0) is 10.0 Å². The summed E-state index contributed by atoms with van der Waals surface area (Å²) < 4.78 is 101. The SMILES string of the molecule is NS(=O)(=O)c1ccc(N2N=C(C(F)(F)F)CC2c2ccc(OF)c(OF)c2OF)cc1. The number of benzene rings is 2. The van der Waals surface area contributed by atoms with Crippen molar-refractivity contribution >= 4 is 21.4 Å². The number of primary sulfonamides is 1. The maximum Gasteiger partial charge on any atom is 0.431 e. The summed E-state index contributed by atoms with van der Waals surface area (Å²) in [5.41, 5.74) is -1.71. The number of alkyl halides is 3. The van der Waals surface area contributed by atoms with Gasteiger partial charge in [0.25, 0.3) is 5.75 Å². The number of rotatable bonds is 6. The molecule has 1 atom stereocenters. The second-order valence-electron chi connectivity index (χ2n) is 6.19. The van der Waals surface area contributed by atoms with Gasteiger partial charge in [0.2, 0.25) is 21.5 Å². The summed E-state index contributed by atoms with van der Waals surface area (Å²) in [5.74, 6) is -3.20. The van der Waals surface area contributed by atoms with Crippen LogP contribution in [0.3, 0.4) is 0 Å². The molecule has 0 saturated carbocycles. The quantitative estimate of drug-likeness (QED) is 0.639. The molecule has 0 bridgehead atoms. The van der Waals surface area contributed by atoms with E-state index < -0.39 is 57.2 Å². The first kappa shape index (κ1) is 22.5. The van der Waals surface area contributed by atoms with E-state index in [1.807, 2.05) is 0 Å². The normalized spacial score (nSPS) is 16.8. The molecule has 168 valence electrons. The van der Waals surface area contributed by atoms with E-state index in [-0.39, 0.29) is 10.6 Å². The first-order valence-corrected chi connectivity index (χ1v) is 9.65. The zero-order valence-corrected chi connectivity index (χ0v) is 15.8. The van der Waals surface area contributed by atoms with Crippen molar-refractivity contribution in [2.45, 2.75) is 23.5 Å². The largest absolute Gasteiger partial charge is 0.431 e. The van der Waals surface area contributed by atoms with Gasteiger partial charge in [-0.1, -0.05) is 0 Å². The van der Waals surface area contributed by atoms with Crippen molar-refractivity contribution in [3.05, 3.63) is 42.0 Å². The third-order valence-electron chi connectivity index (χ3n) is 4.37. The van der Waals surface area contributed by atoms with Gasteiger partial charge in [-0.2, -0.15) is 18.3 Å². The fourth-order valence-electron chi connectivity index (χ4n) is 2.99. The molecule has 3 rings (SSSR count). The van der Waals surface area contributed by atoms with Crippen LogP contribution in [0.15, 0.2) is 46.4 Å². The van der Waals surface area contributed by atoms with E-state index in [2.05, 4.69) is 19.9 Å². The summed E-state index contributed by atoms with van der Waals surface area (Å²) in [4.78, 5) is 9.89. The van der Waals surface area contributed by atoms with E-state index >= 15 is 0 Å². The van der Waals surface area contributed by atoms with Gasteiger partial charge in [-0.25, -0.2) is 13.6 Å². The molecule has 0 fully saturated rings. The van der Waals surface area contributed by atoms with Crippen LogP contribution in [0.25, 0.3) is 0 Å². The lowest BCUT2D eigenvalue weighted by atomic mass is 9.99. The Morgan fingerprint density at radius 3 is 2.06 bits per heavy atom. The van der Waals surface area contributed by atoms with Gasteiger partial charge < -0.3 is 0 Å². The molecule has 2 aromatic rings. The van der Waals surface area contributed by atoms with E-state index in [4.69, 9.17) is 5.14 Å². The lowest BCUT2D eigenvalue weighted by Crippen LogP contribution is -2.21. The Kier molecular flexibility index (Phi) is 5.91. The Morgan fingerprint density at radius 1 is 0.968 bits per heavy atom. The number of anilines is 1. The lowest BCUT2D eigenvalue weighted by Gasteiger charge is -2.25. The molecule has 0 amide bonds. The van der Waals surface area contributed by atoms with Crippen LogP contribution < -0.4 is 25.0 Å². The third kappa shape index (κ3) is 4.32. The van der Waals surface area contributed by atoms with Gasteiger partial charge in [0.05, 0.1) is 16.6 Å². The maximum absolute atomic E-state index is 13.3. The molecule has 15 heteroatoms. The van der Waals surface area contributed by atoms with E-state index in [0.29, 0.717) is 0 Å². The standard InChI is InChI=1S/C16H11F6N3O5S/c17-16(18,19)13-7-11(10-5-6-12(28-20)15(30-22)14(10)29-21)25(24-13)8-1-3-9(4-2-8)31(23,26)27/h1-6,11H,7H2,(H2,23,26,27). The molecule has 0 radical (unpaired) electrons. The summed E-state index contributed by atoms with van der Waals surface area (Å²) in [6.45, 7) is 0. The van der Waals surface area contributed by atoms with Crippen LogP contribution >= 0.6 is 0 Å². The summed E-state index contributed by atoms with van der Waals surface area (Å²) in [5, 5.41) is 9.25. The molecule has 2 N–H and O–H groups in total. The maximum atomic E-state index is 13.3. The van der Waals surface area contributed by atoms with E-state index in [1.54, 1.807) is 0 Å². The van der Waals surface area contributed by atoms with E-state index in [9.17, 15) is 35.2 Å². The van der Waals surface area contributed by atoms with Crippen LogP contribution in [0, 0.1) is 0 Å². The number of hydrazone groups is 1. The molecular formula is C16H11F6N3O5S. The average Bonchev–Trinajstić information content (AvgIpc) is 3.17. The van der Waals surface area contributed by atoms with Crippen molar-refractivity contribution in [1.29, 1.82) is 0 Å². The van der Waals surface area contributed by atoms with Crippen LogP contribution in [-0.4, -0.2) is 20.3 Å². The number of halogens is 6. The second kappa shape index (κ2) is 8.14. The number of nitrogens with zero attached hydrogens (tertiary/aromatic N) is 2. The number of nitrogens with two attached hydrogens (primary N) is 1. The smallest absolute Gasteiger partial charge is 0.290 e. The van der Waals surface area contributed by atoms with Crippen molar-refractivity contribution in [2.24, 2.45) is 10.2 Å². The highest BCUT2D eigenvalue weighted by atomic mass is 32.2. The summed E-state index contributed by atoms with van der Waals surface area (Å²) in [6, 6.07) is 4.54. The first-order chi connectivity index (χ1) is 14.5.